The van der Waals surface area contributed by atoms with E-state index in [1.807, 2.05) is 6.07 Å². The summed E-state index contributed by atoms with van der Waals surface area (Å²) >= 11 is 5.96. The van der Waals surface area contributed by atoms with Crippen LogP contribution in [-0.2, 0) is 0 Å². The summed E-state index contributed by atoms with van der Waals surface area (Å²) in [5, 5.41) is 15.4. The van der Waals surface area contributed by atoms with E-state index in [-0.39, 0.29) is 11.4 Å². The molecule has 2 aromatic carbocycles. The molecule has 0 radical (unpaired) electrons. The Balaban J connectivity index is 2.13. The van der Waals surface area contributed by atoms with E-state index < -0.39 is 4.92 Å². The Morgan fingerprint density at radius 3 is 2.78 bits per heavy atom. The largest absolute Gasteiger partial charge is 0.490 e. The predicted molar refractivity (Wildman–Crippen MR) is 87.5 cm³/mol. The van der Waals surface area contributed by atoms with Gasteiger partial charge in [0.1, 0.15) is 12.1 Å². The minimum atomic E-state index is -0.506. The highest BCUT2D eigenvalue weighted by Gasteiger charge is 2.18. The smallest absolute Gasteiger partial charge is 0.311 e. The van der Waals surface area contributed by atoms with E-state index in [1.54, 1.807) is 18.2 Å². The first-order valence-electron chi connectivity index (χ1n) is 6.58. The van der Waals surface area contributed by atoms with Crippen LogP contribution in [0.4, 0.5) is 17.2 Å². The van der Waals surface area contributed by atoms with Crippen molar-refractivity contribution in [3.05, 3.63) is 57.9 Å². The van der Waals surface area contributed by atoms with E-state index in [1.165, 1.54) is 25.6 Å². The van der Waals surface area contributed by atoms with Gasteiger partial charge in [0.25, 0.3) is 0 Å². The van der Waals surface area contributed by atoms with E-state index in [4.69, 9.17) is 16.3 Å². The lowest BCUT2D eigenvalue weighted by atomic mass is 10.2. The lowest BCUT2D eigenvalue weighted by Crippen LogP contribution is -1.99. The highest BCUT2D eigenvalue weighted by Crippen LogP contribution is 2.34. The number of aromatic nitrogens is 2. The number of benzene rings is 2. The fourth-order valence-corrected chi connectivity index (χ4v) is 2.37. The standard InChI is InChI=1S/C15H11ClN4O3/c1-23-14-7-12-11(6-13(14)20(21)22)15(18-8-17-12)19-10-4-2-3-9(16)5-10/h2-8H,1H3,(H,17,18,19). The second-order valence-electron chi connectivity index (χ2n) is 4.66. The minimum absolute atomic E-state index is 0.148. The summed E-state index contributed by atoms with van der Waals surface area (Å²) in [7, 11) is 1.38. The average molecular weight is 331 g/mol. The Hall–Kier alpha value is -2.93. The molecule has 3 aromatic rings. The molecule has 0 spiro atoms. The van der Waals surface area contributed by atoms with Gasteiger partial charge in [-0.3, -0.25) is 10.1 Å². The molecule has 8 heteroatoms. The number of nitro benzene ring substituents is 1. The molecular formula is C15H11ClN4O3. The van der Waals surface area contributed by atoms with Gasteiger partial charge in [0.2, 0.25) is 0 Å². The molecule has 0 atom stereocenters. The van der Waals surface area contributed by atoms with Crippen molar-refractivity contribution in [2.24, 2.45) is 0 Å². The summed E-state index contributed by atoms with van der Waals surface area (Å²) in [6.45, 7) is 0. The van der Waals surface area contributed by atoms with Crippen molar-refractivity contribution in [1.29, 1.82) is 0 Å². The second kappa shape index (κ2) is 6.05. The van der Waals surface area contributed by atoms with Crippen LogP contribution in [0.3, 0.4) is 0 Å². The molecule has 3 rings (SSSR count). The molecule has 0 aliphatic heterocycles. The van der Waals surface area contributed by atoms with Crippen LogP contribution in [0.2, 0.25) is 5.02 Å². The van der Waals surface area contributed by atoms with E-state index in [9.17, 15) is 10.1 Å². The number of halogens is 1. The molecule has 23 heavy (non-hydrogen) atoms. The highest BCUT2D eigenvalue weighted by molar-refractivity contribution is 6.30. The number of nitrogens with zero attached hydrogens (tertiary/aromatic N) is 3. The first-order chi connectivity index (χ1) is 11.1. The maximum atomic E-state index is 11.2. The number of anilines is 2. The highest BCUT2D eigenvalue weighted by atomic mass is 35.5. The number of hydrogen-bond donors (Lipinski definition) is 1. The molecule has 0 fully saturated rings. The van der Waals surface area contributed by atoms with Gasteiger partial charge in [-0.25, -0.2) is 9.97 Å². The number of nitrogens with one attached hydrogen (secondary N) is 1. The maximum Gasteiger partial charge on any atom is 0.311 e. The molecule has 1 N–H and O–H groups in total. The lowest BCUT2D eigenvalue weighted by molar-refractivity contribution is -0.385. The van der Waals surface area contributed by atoms with Crippen LogP contribution in [-0.4, -0.2) is 22.0 Å². The van der Waals surface area contributed by atoms with Gasteiger partial charge >= 0.3 is 5.69 Å². The van der Waals surface area contributed by atoms with Crippen LogP contribution in [0.5, 0.6) is 5.75 Å². The number of hydrogen-bond acceptors (Lipinski definition) is 6. The first kappa shape index (κ1) is 15.0. The zero-order chi connectivity index (χ0) is 16.4. The van der Waals surface area contributed by atoms with Gasteiger partial charge in [0, 0.05) is 22.8 Å². The third-order valence-electron chi connectivity index (χ3n) is 3.22. The normalized spacial score (nSPS) is 10.5. The number of rotatable bonds is 4. The summed E-state index contributed by atoms with van der Waals surface area (Å²) in [6, 6.07) is 9.99. The third-order valence-corrected chi connectivity index (χ3v) is 3.46. The van der Waals surface area contributed by atoms with Gasteiger partial charge in [0.15, 0.2) is 5.75 Å². The second-order valence-corrected chi connectivity index (χ2v) is 5.09. The van der Waals surface area contributed by atoms with Crippen molar-refractivity contribution in [1.82, 2.24) is 9.97 Å². The summed E-state index contributed by atoms with van der Waals surface area (Å²) in [5.74, 6) is 0.595. The molecule has 7 nitrogen and oxygen atoms in total. The molecule has 0 unspecified atom stereocenters. The first-order valence-corrected chi connectivity index (χ1v) is 6.96. The third kappa shape index (κ3) is 3.00. The predicted octanol–water partition coefficient (Wildman–Crippen LogP) is 3.94. The Kier molecular flexibility index (Phi) is 3.94. The average Bonchev–Trinajstić information content (AvgIpc) is 2.54. The van der Waals surface area contributed by atoms with Gasteiger partial charge < -0.3 is 10.1 Å². The molecule has 116 valence electrons. The molecule has 0 bridgehead atoms. The van der Waals surface area contributed by atoms with E-state index in [0.717, 1.165) is 5.69 Å². The SMILES string of the molecule is COc1cc2ncnc(Nc3cccc(Cl)c3)c2cc1[N+](=O)[O-]. The molecular weight excluding hydrogens is 320 g/mol. The summed E-state index contributed by atoms with van der Waals surface area (Å²) in [4.78, 5) is 19.0. The van der Waals surface area contributed by atoms with Crippen LogP contribution in [0.15, 0.2) is 42.7 Å². The Labute approximate surface area is 136 Å². The zero-order valence-electron chi connectivity index (χ0n) is 12.0. The van der Waals surface area contributed by atoms with Gasteiger partial charge in [0.05, 0.1) is 22.9 Å². The van der Waals surface area contributed by atoms with E-state index in [0.29, 0.717) is 21.7 Å². The molecule has 0 saturated carbocycles. The number of methoxy groups -OCH3 is 1. The molecule has 0 amide bonds. The summed E-state index contributed by atoms with van der Waals surface area (Å²) in [6.07, 6.45) is 1.38. The summed E-state index contributed by atoms with van der Waals surface area (Å²) < 4.78 is 5.05. The van der Waals surface area contributed by atoms with Gasteiger partial charge in [-0.15, -0.1) is 0 Å². The number of nitro groups is 1. The Morgan fingerprint density at radius 2 is 2.09 bits per heavy atom. The number of fused-ring (bicyclic) bond motifs is 1. The number of ether oxygens (including phenoxy) is 1. The summed E-state index contributed by atoms with van der Waals surface area (Å²) in [5.41, 5.74) is 1.10. The van der Waals surface area contributed by atoms with Gasteiger partial charge in [-0.1, -0.05) is 17.7 Å². The quantitative estimate of drug-likeness (QED) is 0.575. The van der Waals surface area contributed by atoms with E-state index in [2.05, 4.69) is 15.3 Å². The minimum Gasteiger partial charge on any atom is -0.490 e. The van der Waals surface area contributed by atoms with E-state index >= 15 is 0 Å². The molecule has 0 aliphatic carbocycles. The van der Waals surface area contributed by atoms with Crippen molar-refractivity contribution in [2.75, 3.05) is 12.4 Å². The van der Waals surface area contributed by atoms with Crippen LogP contribution in [0.1, 0.15) is 0 Å². The van der Waals surface area contributed by atoms with Crippen molar-refractivity contribution < 1.29 is 9.66 Å². The molecule has 1 heterocycles. The molecule has 0 aliphatic rings. The van der Waals surface area contributed by atoms with Crippen molar-refractivity contribution in [3.8, 4) is 5.75 Å². The zero-order valence-corrected chi connectivity index (χ0v) is 12.7. The Morgan fingerprint density at radius 1 is 1.26 bits per heavy atom. The van der Waals surface area contributed by atoms with Crippen LogP contribution < -0.4 is 10.1 Å². The fourth-order valence-electron chi connectivity index (χ4n) is 2.18. The Bertz CT molecular complexity index is 901. The maximum absolute atomic E-state index is 11.2. The lowest BCUT2D eigenvalue weighted by Gasteiger charge is -2.09. The van der Waals surface area contributed by atoms with Crippen LogP contribution >= 0.6 is 11.6 Å². The monoisotopic (exact) mass is 330 g/mol. The van der Waals surface area contributed by atoms with Crippen LogP contribution in [0, 0.1) is 10.1 Å². The van der Waals surface area contributed by atoms with Gasteiger partial charge in [-0.05, 0) is 18.2 Å². The topological polar surface area (TPSA) is 90.2 Å². The fraction of sp³-hybridized carbons (Fsp3) is 0.0667. The van der Waals surface area contributed by atoms with Crippen molar-refractivity contribution >= 4 is 39.7 Å². The van der Waals surface area contributed by atoms with Crippen molar-refractivity contribution in [3.63, 3.8) is 0 Å². The van der Waals surface area contributed by atoms with Crippen LogP contribution in [0.25, 0.3) is 10.9 Å². The molecule has 0 saturated heterocycles. The van der Waals surface area contributed by atoms with Crippen molar-refractivity contribution in [2.45, 2.75) is 0 Å². The van der Waals surface area contributed by atoms with Gasteiger partial charge in [-0.2, -0.15) is 0 Å². The molecule has 1 aromatic heterocycles.